The zero-order valence-electron chi connectivity index (χ0n) is 23.9. The number of nitrogens with zero attached hydrogens (tertiary/aromatic N) is 3. The number of halogens is 1. The second-order valence-electron chi connectivity index (χ2n) is 10.6. The Bertz CT molecular complexity index is 1440. The summed E-state index contributed by atoms with van der Waals surface area (Å²) in [5.74, 6) is 2.56. The summed E-state index contributed by atoms with van der Waals surface area (Å²) in [5, 5.41) is 0.625. The molecular formula is C33H38ClN3O4S. The van der Waals surface area contributed by atoms with Gasteiger partial charge in [-0.1, -0.05) is 78.2 Å². The van der Waals surface area contributed by atoms with Gasteiger partial charge < -0.3 is 9.64 Å². The Labute approximate surface area is 255 Å². The van der Waals surface area contributed by atoms with E-state index in [1.165, 1.54) is 4.31 Å². The van der Waals surface area contributed by atoms with Crippen LogP contribution >= 0.6 is 11.6 Å². The minimum Gasteiger partial charge on any atom is -0.445 e. The first-order chi connectivity index (χ1) is 20.3. The average Bonchev–Trinajstić information content (AvgIpc) is 3.02. The molecule has 1 amide bonds. The van der Waals surface area contributed by atoms with Crippen molar-refractivity contribution in [1.29, 1.82) is 0 Å². The third-order valence-electron chi connectivity index (χ3n) is 7.74. The predicted octanol–water partition coefficient (Wildman–Crippen LogP) is 5.87. The van der Waals surface area contributed by atoms with Crippen LogP contribution in [0.4, 0.5) is 4.79 Å². The van der Waals surface area contributed by atoms with Gasteiger partial charge in [0, 0.05) is 37.7 Å². The van der Waals surface area contributed by atoms with Crippen molar-refractivity contribution >= 4 is 27.7 Å². The van der Waals surface area contributed by atoms with Crippen LogP contribution in [0.25, 0.3) is 0 Å². The van der Waals surface area contributed by atoms with E-state index in [0.717, 1.165) is 50.0 Å². The lowest BCUT2D eigenvalue weighted by Gasteiger charge is -2.37. The van der Waals surface area contributed by atoms with E-state index in [4.69, 9.17) is 22.8 Å². The van der Waals surface area contributed by atoms with E-state index in [1.807, 2.05) is 54.6 Å². The lowest BCUT2D eigenvalue weighted by Crippen LogP contribution is -2.48. The first-order valence-corrected chi connectivity index (χ1v) is 16.0. The van der Waals surface area contributed by atoms with Crippen LogP contribution in [-0.4, -0.2) is 74.4 Å². The third kappa shape index (κ3) is 8.59. The minimum atomic E-state index is -3.63. The van der Waals surface area contributed by atoms with Gasteiger partial charge in [0.05, 0.1) is 11.4 Å². The first kappa shape index (κ1) is 31.6. The van der Waals surface area contributed by atoms with Crippen molar-refractivity contribution in [2.24, 2.45) is 0 Å². The molecule has 3 aromatic carbocycles. The summed E-state index contributed by atoms with van der Waals surface area (Å²) in [6.07, 6.45) is 7.53. The van der Waals surface area contributed by atoms with E-state index < -0.39 is 10.0 Å². The van der Waals surface area contributed by atoms with Crippen molar-refractivity contribution in [2.75, 3.05) is 39.8 Å². The first-order valence-electron chi connectivity index (χ1n) is 14.2. The zero-order valence-corrected chi connectivity index (χ0v) is 25.5. The maximum Gasteiger partial charge on any atom is 0.411 e. The van der Waals surface area contributed by atoms with Crippen molar-refractivity contribution in [3.05, 3.63) is 101 Å². The van der Waals surface area contributed by atoms with Crippen LogP contribution in [0.5, 0.6) is 0 Å². The summed E-state index contributed by atoms with van der Waals surface area (Å²) in [6.45, 7) is 3.14. The van der Waals surface area contributed by atoms with Crippen molar-refractivity contribution in [3.63, 3.8) is 0 Å². The Morgan fingerprint density at radius 2 is 1.71 bits per heavy atom. The normalized spacial score (nSPS) is 15.2. The molecule has 0 radical (unpaired) electrons. The lowest BCUT2D eigenvalue weighted by atomic mass is 9.94. The molecular weight excluding hydrogens is 570 g/mol. The van der Waals surface area contributed by atoms with Gasteiger partial charge in [0.2, 0.25) is 10.0 Å². The van der Waals surface area contributed by atoms with Gasteiger partial charge in [0.1, 0.15) is 6.61 Å². The number of carbonyl (C=O) groups excluding carboxylic acids is 1. The molecule has 42 heavy (non-hydrogen) atoms. The smallest absolute Gasteiger partial charge is 0.411 e. The maximum absolute atomic E-state index is 13.2. The molecule has 1 aliphatic heterocycles. The highest BCUT2D eigenvalue weighted by atomic mass is 35.5. The Hall–Kier alpha value is -3.35. The van der Waals surface area contributed by atoms with Crippen molar-refractivity contribution in [1.82, 2.24) is 14.1 Å². The molecule has 1 aliphatic rings. The van der Waals surface area contributed by atoms with Crippen LogP contribution in [0, 0.1) is 12.3 Å². The van der Waals surface area contributed by atoms with E-state index >= 15 is 0 Å². The molecule has 1 fully saturated rings. The quantitative estimate of drug-likeness (QED) is 0.241. The summed E-state index contributed by atoms with van der Waals surface area (Å²) in [4.78, 5) is 17.2. The van der Waals surface area contributed by atoms with Gasteiger partial charge in [-0.25, -0.2) is 17.5 Å². The number of terminal acetylenes is 1. The largest absolute Gasteiger partial charge is 0.445 e. The molecule has 0 spiro atoms. The fourth-order valence-electron chi connectivity index (χ4n) is 5.34. The number of sulfonamides is 1. The minimum absolute atomic E-state index is 0.00597. The van der Waals surface area contributed by atoms with Crippen LogP contribution in [0.15, 0.2) is 89.8 Å². The second kappa shape index (κ2) is 15.2. The number of rotatable bonds is 12. The van der Waals surface area contributed by atoms with Gasteiger partial charge >= 0.3 is 6.09 Å². The molecule has 1 saturated heterocycles. The zero-order chi connectivity index (χ0) is 30.0. The average molecular weight is 608 g/mol. The highest BCUT2D eigenvalue weighted by molar-refractivity contribution is 7.89. The topological polar surface area (TPSA) is 70.2 Å². The predicted molar refractivity (Wildman–Crippen MR) is 167 cm³/mol. The fraction of sp³-hybridized carbons (Fsp3) is 0.364. The molecule has 1 atom stereocenters. The fourth-order valence-corrected chi connectivity index (χ4v) is 6.78. The number of likely N-dealkylation sites (N-methyl/N-ethyl adjacent to an activating group) is 1. The molecule has 4 rings (SSSR count). The Morgan fingerprint density at radius 3 is 2.36 bits per heavy atom. The number of hydrogen-bond donors (Lipinski definition) is 0. The molecule has 0 bridgehead atoms. The van der Waals surface area contributed by atoms with Gasteiger partial charge in [-0.15, -0.1) is 6.42 Å². The molecule has 222 valence electrons. The number of ether oxygens (including phenoxy) is 1. The Morgan fingerprint density at radius 1 is 1.05 bits per heavy atom. The van der Waals surface area contributed by atoms with E-state index in [0.29, 0.717) is 11.6 Å². The van der Waals surface area contributed by atoms with Gasteiger partial charge in [0.15, 0.2) is 0 Å². The van der Waals surface area contributed by atoms with Gasteiger partial charge in [0.25, 0.3) is 0 Å². The van der Waals surface area contributed by atoms with Crippen LogP contribution in [0.1, 0.15) is 36.3 Å². The number of carbonyl (C=O) groups is 1. The number of piperidine rings is 1. The van der Waals surface area contributed by atoms with Crippen LogP contribution < -0.4 is 0 Å². The molecule has 1 unspecified atom stereocenters. The number of likely N-dealkylation sites (tertiary alicyclic amines) is 1. The van der Waals surface area contributed by atoms with Gasteiger partial charge in [-0.2, -0.15) is 0 Å². The monoisotopic (exact) mass is 607 g/mol. The van der Waals surface area contributed by atoms with Crippen molar-refractivity contribution < 1.29 is 17.9 Å². The number of benzene rings is 3. The molecule has 0 aliphatic carbocycles. The maximum atomic E-state index is 13.2. The highest BCUT2D eigenvalue weighted by Crippen LogP contribution is 2.27. The molecule has 1 heterocycles. The van der Waals surface area contributed by atoms with Crippen LogP contribution in [0.2, 0.25) is 5.02 Å². The summed E-state index contributed by atoms with van der Waals surface area (Å²) in [6, 6.07) is 25.7. The van der Waals surface area contributed by atoms with E-state index in [9.17, 15) is 13.2 Å². The SMILES string of the molecule is C#CCN(C(=O)OCc1ccccc1)C1CCN(CCC(CN(C)S(=O)(=O)c2ccccc2)c2cccc(Cl)c2)CC1. The van der Waals surface area contributed by atoms with Crippen LogP contribution in [-0.2, 0) is 21.4 Å². The van der Waals surface area contributed by atoms with Crippen molar-refractivity contribution in [2.45, 2.75) is 42.7 Å². The molecule has 7 nitrogen and oxygen atoms in total. The summed E-state index contributed by atoms with van der Waals surface area (Å²) < 4.78 is 33.5. The molecule has 0 N–H and O–H groups in total. The number of hydrogen-bond acceptors (Lipinski definition) is 5. The molecule has 0 aromatic heterocycles. The molecule has 3 aromatic rings. The van der Waals surface area contributed by atoms with E-state index in [-0.39, 0.29) is 36.1 Å². The van der Waals surface area contributed by atoms with Gasteiger partial charge in [-0.3, -0.25) is 4.90 Å². The Kier molecular flexibility index (Phi) is 11.4. The van der Waals surface area contributed by atoms with E-state index in [2.05, 4.69) is 10.8 Å². The van der Waals surface area contributed by atoms with Crippen LogP contribution in [0.3, 0.4) is 0 Å². The van der Waals surface area contributed by atoms with E-state index in [1.54, 1.807) is 42.3 Å². The highest BCUT2D eigenvalue weighted by Gasteiger charge is 2.30. The standard InChI is InChI=1S/C33H38ClN3O4S/c1-3-20-37(33(38)41-26-27-11-6-4-7-12-27)31-18-22-36(23-19-31)21-17-29(28-13-10-14-30(34)24-28)25-35(2)42(39,40)32-15-8-5-9-16-32/h1,4-16,24,29,31H,17-23,25-26H2,2H3. The third-order valence-corrected chi connectivity index (χ3v) is 9.81. The van der Waals surface area contributed by atoms with Gasteiger partial charge in [-0.05, 0) is 67.1 Å². The Balaban J connectivity index is 1.35. The number of amides is 1. The van der Waals surface area contributed by atoms with Crippen molar-refractivity contribution in [3.8, 4) is 12.3 Å². The summed E-state index contributed by atoms with van der Waals surface area (Å²) >= 11 is 6.32. The second-order valence-corrected chi connectivity index (χ2v) is 13.1. The molecule has 0 saturated carbocycles. The lowest BCUT2D eigenvalue weighted by molar-refractivity contribution is 0.0663. The summed E-state index contributed by atoms with van der Waals surface area (Å²) in [5.41, 5.74) is 1.94. The summed E-state index contributed by atoms with van der Waals surface area (Å²) in [7, 11) is -2.00. The molecule has 9 heteroatoms.